The molecule has 1 aliphatic heterocycles. The smallest absolute Gasteiger partial charge is 0.225 e. The zero-order valence-electron chi connectivity index (χ0n) is 12.2. The molecule has 106 valence electrons. The number of rotatable bonds is 6. The van der Waals surface area contributed by atoms with Crippen LogP contribution >= 0.6 is 0 Å². The van der Waals surface area contributed by atoms with E-state index < -0.39 is 0 Å². The van der Waals surface area contributed by atoms with Crippen LogP contribution < -0.4 is 10.2 Å². The van der Waals surface area contributed by atoms with E-state index in [9.17, 15) is 0 Å². The molecular weight excluding hydrogens is 236 g/mol. The summed E-state index contributed by atoms with van der Waals surface area (Å²) in [4.78, 5) is 11.0. The Balaban J connectivity index is 1.90. The average Bonchev–Trinajstić information content (AvgIpc) is 2.48. The van der Waals surface area contributed by atoms with Crippen molar-refractivity contribution in [3.8, 4) is 0 Å². The van der Waals surface area contributed by atoms with Crippen LogP contribution in [0.3, 0.4) is 0 Å². The average molecular weight is 262 g/mol. The molecule has 2 heterocycles. The number of anilines is 1. The van der Waals surface area contributed by atoms with Crippen LogP contribution in [0.25, 0.3) is 0 Å². The summed E-state index contributed by atoms with van der Waals surface area (Å²) in [5, 5.41) is 3.81. The van der Waals surface area contributed by atoms with Gasteiger partial charge in [-0.2, -0.15) is 0 Å². The second kappa shape index (κ2) is 7.43. The molecule has 19 heavy (non-hydrogen) atoms. The molecule has 2 unspecified atom stereocenters. The summed E-state index contributed by atoms with van der Waals surface area (Å²) in [6.45, 7) is 6.64. The van der Waals surface area contributed by atoms with E-state index in [0.717, 1.165) is 19.0 Å². The molecule has 0 saturated carbocycles. The van der Waals surface area contributed by atoms with E-state index in [0.29, 0.717) is 12.1 Å². The zero-order valence-corrected chi connectivity index (χ0v) is 12.2. The standard InChI is InChI=1S/C15H26N4/c1-3-7-13(4-2)18-14-8-5-11-19(12-14)15-16-9-6-10-17-15/h6,9-10,13-14,18H,3-5,7-8,11-12H2,1-2H3. The summed E-state index contributed by atoms with van der Waals surface area (Å²) in [6.07, 6.45) is 9.88. The Labute approximate surface area is 116 Å². The Hall–Kier alpha value is -1.16. The minimum absolute atomic E-state index is 0.578. The molecule has 1 N–H and O–H groups in total. The Bertz CT molecular complexity index is 354. The van der Waals surface area contributed by atoms with Gasteiger partial charge in [0, 0.05) is 37.6 Å². The van der Waals surface area contributed by atoms with E-state index in [1.165, 1.54) is 32.1 Å². The van der Waals surface area contributed by atoms with Crippen molar-refractivity contribution < 1.29 is 0 Å². The number of piperidine rings is 1. The van der Waals surface area contributed by atoms with E-state index in [1.807, 2.05) is 18.5 Å². The monoisotopic (exact) mass is 262 g/mol. The topological polar surface area (TPSA) is 41.0 Å². The highest BCUT2D eigenvalue weighted by Crippen LogP contribution is 2.16. The van der Waals surface area contributed by atoms with Gasteiger partial charge in [0.1, 0.15) is 0 Å². The van der Waals surface area contributed by atoms with Crippen molar-refractivity contribution in [1.82, 2.24) is 15.3 Å². The number of aromatic nitrogens is 2. The van der Waals surface area contributed by atoms with Crippen molar-refractivity contribution in [2.75, 3.05) is 18.0 Å². The molecule has 1 aromatic rings. The van der Waals surface area contributed by atoms with Crippen molar-refractivity contribution in [1.29, 1.82) is 0 Å². The Morgan fingerprint density at radius 1 is 1.37 bits per heavy atom. The van der Waals surface area contributed by atoms with Gasteiger partial charge in [-0.05, 0) is 31.7 Å². The molecule has 0 amide bonds. The van der Waals surface area contributed by atoms with Crippen LogP contribution in [0.2, 0.25) is 0 Å². The Morgan fingerprint density at radius 2 is 2.16 bits per heavy atom. The Kier molecular flexibility index (Phi) is 5.58. The fourth-order valence-electron chi connectivity index (χ4n) is 2.84. The molecule has 0 spiro atoms. The Morgan fingerprint density at radius 3 is 2.84 bits per heavy atom. The largest absolute Gasteiger partial charge is 0.339 e. The maximum absolute atomic E-state index is 4.36. The third-order valence-corrected chi connectivity index (χ3v) is 3.86. The van der Waals surface area contributed by atoms with Gasteiger partial charge in [0.2, 0.25) is 5.95 Å². The fourth-order valence-corrected chi connectivity index (χ4v) is 2.84. The second-order valence-corrected chi connectivity index (χ2v) is 5.39. The van der Waals surface area contributed by atoms with Crippen LogP contribution in [-0.2, 0) is 0 Å². The first-order valence-electron chi connectivity index (χ1n) is 7.61. The molecular formula is C15H26N4. The van der Waals surface area contributed by atoms with Gasteiger partial charge in [-0.15, -0.1) is 0 Å². The third-order valence-electron chi connectivity index (χ3n) is 3.86. The normalized spacial score (nSPS) is 21.4. The number of hydrogen-bond donors (Lipinski definition) is 1. The van der Waals surface area contributed by atoms with Crippen molar-refractivity contribution in [3.05, 3.63) is 18.5 Å². The predicted octanol–water partition coefficient (Wildman–Crippen LogP) is 2.61. The summed E-state index contributed by atoms with van der Waals surface area (Å²) in [5.74, 6) is 0.873. The summed E-state index contributed by atoms with van der Waals surface area (Å²) in [5.41, 5.74) is 0. The molecule has 4 nitrogen and oxygen atoms in total. The van der Waals surface area contributed by atoms with Gasteiger partial charge in [0.05, 0.1) is 0 Å². The number of nitrogens with one attached hydrogen (secondary N) is 1. The maximum Gasteiger partial charge on any atom is 0.225 e. The first-order chi connectivity index (χ1) is 9.33. The van der Waals surface area contributed by atoms with Crippen LogP contribution in [0.5, 0.6) is 0 Å². The van der Waals surface area contributed by atoms with Crippen LogP contribution in [0, 0.1) is 0 Å². The summed E-state index contributed by atoms with van der Waals surface area (Å²) in [7, 11) is 0. The van der Waals surface area contributed by atoms with Gasteiger partial charge in [-0.3, -0.25) is 0 Å². The van der Waals surface area contributed by atoms with Crippen LogP contribution in [-0.4, -0.2) is 35.1 Å². The van der Waals surface area contributed by atoms with Crippen molar-refractivity contribution >= 4 is 5.95 Å². The highest BCUT2D eigenvalue weighted by Gasteiger charge is 2.22. The number of hydrogen-bond acceptors (Lipinski definition) is 4. The maximum atomic E-state index is 4.36. The zero-order chi connectivity index (χ0) is 13.5. The quantitative estimate of drug-likeness (QED) is 0.855. The summed E-state index contributed by atoms with van der Waals surface area (Å²) < 4.78 is 0. The van der Waals surface area contributed by atoms with Crippen molar-refractivity contribution in [2.24, 2.45) is 0 Å². The van der Waals surface area contributed by atoms with Gasteiger partial charge in [0.25, 0.3) is 0 Å². The molecule has 4 heteroatoms. The molecule has 1 fully saturated rings. The van der Waals surface area contributed by atoms with Gasteiger partial charge < -0.3 is 10.2 Å². The lowest BCUT2D eigenvalue weighted by Crippen LogP contribution is -2.49. The SMILES string of the molecule is CCCC(CC)NC1CCCN(c2ncccn2)C1. The van der Waals surface area contributed by atoms with E-state index in [1.54, 1.807) is 0 Å². The highest BCUT2D eigenvalue weighted by atomic mass is 15.3. The number of nitrogens with zero attached hydrogens (tertiary/aromatic N) is 3. The molecule has 1 aromatic heterocycles. The van der Waals surface area contributed by atoms with E-state index in [4.69, 9.17) is 0 Å². The lowest BCUT2D eigenvalue weighted by atomic mass is 10.0. The van der Waals surface area contributed by atoms with Crippen molar-refractivity contribution in [2.45, 2.75) is 58.0 Å². The van der Waals surface area contributed by atoms with E-state index in [-0.39, 0.29) is 0 Å². The molecule has 0 bridgehead atoms. The molecule has 1 aliphatic rings. The molecule has 2 rings (SSSR count). The lowest BCUT2D eigenvalue weighted by molar-refractivity contribution is 0.351. The fraction of sp³-hybridized carbons (Fsp3) is 0.733. The van der Waals surface area contributed by atoms with Crippen molar-refractivity contribution in [3.63, 3.8) is 0 Å². The molecule has 0 radical (unpaired) electrons. The minimum Gasteiger partial charge on any atom is -0.339 e. The van der Waals surface area contributed by atoms with Crippen LogP contribution in [0.15, 0.2) is 18.5 Å². The lowest BCUT2D eigenvalue weighted by Gasteiger charge is -2.35. The second-order valence-electron chi connectivity index (χ2n) is 5.39. The molecule has 1 saturated heterocycles. The highest BCUT2D eigenvalue weighted by molar-refractivity contribution is 5.29. The summed E-state index contributed by atoms with van der Waals surface area (Å²) >= 11 is 0. The van der Waals surface area contributed by atoms with Gasteiger partial charge in [0.15, 0.2) is 0 Å². The van der Waals surface area contributed by atoms with Gasteiger partial charge in [-0.1, -0.05) is 20.3 Å². The van der Waals surface area contributed by atoms with Gasteiger partial charge in [-0.25, -0.2) is 9.97 Å². The first kappa shape index (κ1) is 14.3. The third kappa shape index (κ3) is 4.16. The first-order valence-corrected chi connectivity index (χ1v) is 7.61. The molecule has 0 aliphatic carbocycles. The minimum atomic E-state index is 0.578. The van der Waals surface area contributed by atoms with Crippen LogP contribution in [0.1, 0.15) is 46.0 Å². The van der Waals surface area contributed by atoms with E-state index in [2.05, 4.69) is 34.0 Å². The van der Waals surface area contributed by atoms with Crippen LogP contribution in [0.4, 0.5) is 5.95 Å². The van der Waals surface area contributed by atoms with Gasteiger partial charge >= 0.3 is 0 Å². The molecule has 0 aromatic carbocycles. The van der Waals surface area contributed by atoms with E-state index >= 15 is 0 Å². The molecule has 2 atom stereocenters. The summed E-state index contributed by atoms with van der Waals surface area (Å²) in [6, 6.07) is 3.11. The predicted molar refractivity (Wildman–Crippen MR) is 79.4 cm³/mol.